The Morgan fingerprint density at radius 2 is 0.423 bits per heavy atom. The normalized spacial score (nSPS) is 25.5. The molecule has 1 fully saturated rings. The van der Waals surface area contributed by atoms with E-state index in [1.807, 2.05) is 78.6 Å². The second-order valence-electron chi connectivity index (χ2n) is 21.6. The molecule has 4 unspecified atom stereocenters. The Morgan fingerprint density at radius 3 is 0.538 bits per heavy atom. The SMILES string of the molecule is C[Si](C)(C)OC1C(O[Si](C)(C)C)C(OP(=O)(O[Si](C)(C)C)O[Si](C)(C)C)C(O[Si](C)(C)C)C(O[Si](C)(C)C)C1OP(=O)(O[Si](C)(C)C)O[Si](C)(C)C. The standard InChI is InChI=1S/C30H78O12P2Si8/c1-45(2,3)35-27-25(33-43(31,39-49(13,14)15)40-50(16,17)18)29(37-47(7,8)9)30(38-48(10,11)12)26(28(27)36-46(4,5)6)34-44(32,41-51(19,20)21)42-52(22,23)24/h25-30H,1-24H3. The van der Waals surface area contributed by atoms with Gasteiger partial charge in [0.2, 0.25) is 0 Å². The van der Waals surface area contributed by atoms with E-state index >= 15 is 9.13 Å². The topological polar surface area (TPSA) is 126 Å². The van der Waals surface area contributed by atoms with Crippen LogP contribution >= 0.6 is 15.6 Å². The van der Waals surface area contributed by atoms with E-state index < -0.39 is 119 Å². The summed E-state index contributed by atoms with van der Waals surface area (Å²) in [5.41, 5.74) is 0. The molecule has 0 aromatic rings. The Kier molecular flexibility index (Phi) is 17.5. The molecular weight excluding hydrogens is 839 g/mol. The molecule has 1 aliphatic rings. The number of hydrogen-bond acceptors (Lipinski definition) is 12. The van der Waals surface area contributed by atoms with Crippen molar-refractivity contribution in [1.82, 2.24) is 0 Å². The summed E-state index contributed by atoms with van der Waals surface area (Å²) < 4.78 is 97.7. The van der Waals surface area contributed by atoms with E-state index in [9.17, 15) is 0 Å². The third kappa shape index (κ3) is 21.0. The summed E-state index contributed by atoms with van der Waals surface area (Å²) in [6, 6.07) is 0. The van der Waals surface area contributed by atoms with E-state index in [0.29, 0.717) is 0 Å². The van der Waals surface area contributed by atoms with Crippen LogP contribution in [-0.2, 0) is 52.7 Å². The Balaban J connectivity index is 4.46. The van der Waals surface area contributed by atoms with Gasteiger partial charge in [-0.2, -0.15) is 0 Å². The van der Waals surface area contributed by atoms with Crippen LogP contribution in [0.5, 0.6) is 0 Å². The van der Waals surface area contributed by atoms with E-state index in [4.69, 9.17) is 43.6 Å². The summed E-state index contributed by atoms with van der Waals surface area (Å²) in [5.74, 6) is 0. The first-order chi connectivity index (χ1) is 22.4. The lowest BCUT2D eigenvalue weighted by atomic mass is 9.85. The van der Waals surface area contributed by atoms with Gasteiger partial charge >= 0.3 is 15.6 Å². The van der Waals surface area contributed by atoms with E-state index in [0.717, 1.165) is 0 Å². The first kappa shape index (κ1) is 51.8. The number of phosphoric acid groups is 2. The molecule has 0 aliphatic heterocycles. The van der Waals surface area contributed by atoms with Crippen molar-refractivity contribution in [3.8, 4) is 0 Å². The zero-order valence-corrected chi connectivity index (χ0v) is 47.0. The van der Waals surface area contributed by atoms with Gasteiger partial charge in [-0.15, -0.1) is 0 Å². The van der Waals surface area contributed by atoms with Gasteiger partial charge in [0.15, 0.2) is 66.5 Å². The summed E-state index contributed by atoms with van der Waals surface area (Å²) in [6.45, 7) is 48.4. The maximum absolute atomic E-state index is 15.1. The van der Waals surface area contributed by atoms with Crippen LogP contribution in [0.4, 0.5) is 0 Å². The summed E-state index contributed by atoms with van der Waals surface area (Å²) in [5, 5.41) is 0. The van der Waals surface area contributed by atoms with Crippen molar-refractivity contribution in [3.63, 3.8) is 0 Å². The molecule has 0 spiro atoms. The highest BCUT2D eigenvalue weighted by Crippen LogP contribution is 2.60. The van der Waals surface area contributed by atoms with Crippen LogP contribution < -0.4 is 0 Å². The van der Waals surface area contributed by atoms with Crippen molar-refractivity contribution < 1.29 is 52.7 Å². The molecule has 312 valence electrons. The molecule has 0 amide bonds. The third-order valence-electron chi connectivity index (χ3n) is 5.95. The zero-order chi connectivity index (χ0) is 41.5. The zero-order valence-electron chi connectivity index (χ0n) is 37.3. The fraction of sp³-hybridized carbons (Fsp3) is 1.00. The predicted molar refractivity (Wildman–Crippen MR) is 236 cm³/mol. The minimum absolute atomic E-state index is 0.901. The Bertz CT molecular complexity index is 1080. The summed E-state index contributed by atoms with van der Waals surface area (Å²) in [6.07, 6.45) is -5.67. The molecule has 12 nitrogen and oxygen atoms in total. The first-order valence-electron chi connectivity index (χ1n) is 18.5. The average molecular weight is 918 g/mol. The lowest BCUT2D eigenvalue weighted by molar-refractivity contribution is -0.197. The lowest BCUT2D eigenvalue weighted by Gasteiger charge is -2.55. The van der Waals surface area contributed by atoms with Crippen LogP contribution in [-0.4, -0.2) is 103 Å². The average Bonchev–Trinajstić information content (AvgIpc) is 2.72. The molecule has 0 aromatic heterocycles. The van der Waals surface area contributed by atoms with Gasteiger partial charge in [-0.25, -0.2) is 9.13 Å². The van der Waals surface area contributed by atoms with Crippen LogP contribution in [0.1, 0.15) is 0 Å². The van der Waals surface area contributed by atoms with Crippen LogP contribution in [0.3, 0.4) is 0 Å². The second kappa shape index (κ2) is 17.6. The maximum atomic E-state index is 15.1. The largest absolute Gasteiger partial charge is 0.455 e. The monoisotopic (exact) mass is 916 g/mol. The molecular formula is C30H78O12P2Si8. The summed E-state index contributed by atoms with van der Waals surface area (Å²) >= 11 is 0. The fourth-order valence-corrected chi connectivity index (χ4v) is 23.1. The van der Waals surface area contributed by atoms with Crippen LogP contribution in [0.15, 0.2) is 0 Å². The molecule has 0 heterocycles. The van der Waals surface area contributed by atoms with E-state index in [2.05, 4.69) is 78.6 Å². The van der Waals surface area contributed by atoms with Crippen molar-refractivity contribution in [2.75, 3.05) is 0 Å². The van der Waals surface area contributed by atoms with Gasteiger partial charge in [0.05, 0.1) is 0 Å². The first-order valence-corrected chi connectivity index (χ1v) is 48.7. The fourth-order valence-electron chi connectivity index (χ4n) is 5.29. The predicted octanol–water partition coefficient (Wildman–Crippen LogP) is 11.3. The molecule has 4 atom stereocenters. The molecule has 0 radical (unpaired) electrons. The highest BCUT2D eigenvalue weighted by molar-refractivity contribution is 7.52. The number of hydrogen-bond donors (Lipinski definition) is 0. The van der Waals surface area contributed by atoms with Gasteiger partial charge in [0.25, 0.3) is 0 Å². The molecule has 0 N–H and O–H groups in total. The minimum atomic E-state index is -4.24. The smallest absolute Gasteiger partial charge is 0.409 e. The molecule has 22 heteroatoms. The van der Waals surface area contributed by atoms with Crippen molar-refractivity contribution >= 4 is 82.2 Å². The Morgan fingerprint density at radius 1 is 0.269 bits per heavy atom. The molecule has 0 aromatic carbocycles. The second-order valence-corrected chi connectivity index (χ2v) is 61.5. The van der Waals surface area contributed by atoms with Gasteiger partial charge < -0.3 is 34.6 Å². The molecule has 1 aliphatic carbocycles. The van der Waals surface area contributed by atoms with Gasteiger partial charge in [0.1, 0.15) is 36.6 Å². The van der Waals surface area contributed by atoms with Crippen molar-refractivity contribution in [1.29, 1.82) is 0 Å². The van der Waals surface area contributed by atoms with Crippen molar-refractivity contribution in [2.45, 2.75) is 194 Å². The molecule has 1 rings (SSSR count). The van der Waals surface area contributed by atoms with Gasteiger partial charge in [-0.3, -0.25) is 9.05 Å². The third-order valence-corrected chi connectivity index (χ3v) is 23.2. The minimum Gasteiger partial charge on any atom is -0.409 e. The highest BCUT2D eigenvalue weighted by Gasteiger charge is 2.61. The quantitative estimate of drug-likeness (QED) is 0.0852. The van der Waals surface area contributed by atoms with E-state index in [1.54, 1.807) is 0 Å². The van der Waals surface area contributed by atoms with Crippen LogP contribution in [0.2, 0.25) is 157 Å². The van der Waals surface area contributed by atoms with Crippen LogP contribution in [0, 0.1) is 0 Å². The van der Waals surface area contributed by atoms with Crippen molar-refractivity contribution in [3.05, 3.63) is 0 Å². The van der Waals surface area contributed by atoms with Gasteiger partial charge in [-0.05, 0) is 157 Å². The molecule has 52 heavy (non-hydrogen) atoms. The molecule has 0 bridgehead atoms. The lowest BCUT2D eigenvalue weighted by Crippen LogP contribution is -2.71. The van der Waals surface area contributed by atoms with E-state index in [-0.39, 0.29) is 0 Å². The molecule has 0 saturated heterocycles. The Labute approximate surface area is 327 Å². The van der Waals surface area contributed by atoms with Gasteiger partial charge in [0, 0.05) is 0 Å². The maximum Gasteiger partial charge on any atom is 0.455 e. The van der Waals surface area contributed by atoms with Gasteiger partial charge in [-0.1, -0.05) is 0 Å². The Hall–Kier alpha value is 1.80. The van der Waals surface area contributed by atoms with Crippen LogP contribution in [0.25, 0.3) is 0 Å². The summed E-state index contributed by atoms with van der Waals surface area (Å²) in [4.78, 5) is 0. The summed E-state index contributed by atoms with van der Waals surface area (Å²) in [7, 11) is -28.3. The molecule has 1 saturated carbocycles. The van der Waals surface area contributed by atoms with Crippen molar-refractivity contribution in [2.24, 2.45) is 0 Å². The highest BCUT2D eigenvalue weighted by atomic mass is 31.2. The van der Waals surface area contributed by atoms with E-state index in [1.165, 1.54) is 0 Å². The number of rotatable bonds is 20.